The molecule has 0 atom stereocenters. The first-order valence-corrected chi connectivity index (χ1v) is 5.89. The van der Waals surface area contributed by atoms with Gasteiger partial charge in [0.2, 0.25) is 0 Å². The van der Waals surface area contributed by atoms with Crippen LogP contribution >= 0.6 is 0 Å². The summed E-state index contributed by atoms with van der Waals surface area (Å²) in [6.45, 7) is 0. The quantitative estimate of drug-likeness (QED) is 0.836. The van der Waals surface area contributed by atoms with E-state index in [2.05, 4.69) is 5.32 Å². The van der Waals surface area contributed by atoms with Crippen LogP contribution in [-0.2, 0) is 0 Å². The van der Waals surface area contributed by atoms with Gasteiger partial charge in [-0.15, -0.1) is 0 Å². The Hall–Kier alpha value is -3.00. The fourth-order valence-electron chi connectivity index (χ4n) is 1.73. The summed E-state index contributed by atoms with van der Waals surface area (Å²) < 4.78 is 5.14. The SMILES string of the molecule is COc1ccc(N)cc1C(=O)Nc1ccc(C#N)cc1. The minimum absolute atomic E-state index is 0.321. The summed E-state index contributed by atoms with van der Waals surface area (Å²) >= 11 is 0. The van der Waals surface area contributed by atoms with Gasteiger partial charge in [0.15, 0.2) is 0 Å². The summed E-state index contributed by atoms with van der Waals surface area (Å²) in [7, 11) is 1.49. The summed E-state index contributed by atoms with van der Waals surface area (Å²) in [6.07, 6.45) is 0. The molecule has 0 spiro atoms. The van der Waals surface area contributed by atoms with Crippen molar-refractivity contribution in [2.24, 2.45) is 0 Å². The number of carbonyl (C=O) groups excluding carboxylic acids is 1. The molecule has 1 amide bonds. The van der Waals surface area contributed by atoms with Gasteiger partial charge in [0.25, 0.3) is 5.91 Å². The zero-order valence-electron chi connectivity index (χ0n) is 10.9. The number of nitrogens with one attached hydrogen (secondary N) is 1. The third kappa shape index (κ3) is 2.87. The standard InChI is InChI=1S/C15H13N3O2/c1-20-14-7-4-11(17)8-13(14)15(19)18-12-5-2-10(9-16)3-6-12/h2-8H,17H2,1H3,(H,18,19). The average Bonchev–Trinajstić information content (AvgIpc) is 2.48. The van der Waals surface area contributed by atoms with Gasteiger partial charge in [0.05, 0.1) is 24.3 Å². The number of nitrogen functional groups attached to an aromatic ring is 1. The molecule has 0 aliphatic carbocycles. The molecule has 0 fully saturated rings. The largest absolute Gasteiger partial charge is 0.496 e. The highest BCUT2D eigenvalue weighted by atomic mass is 16.5. The molecule has 2 rings (SSSR count). The maximum absolute atomic E-state index is 12.2. The fraction of sp³-hybridized carbons (Fsp3) is 0.0667. The molecule has 2 aromatic rings. The van der Waals surface area contributed by atoms with Crippen LogP contribution in [0.2, 0.25) is 0 Å². The molecule has 0 bridgehead atoms. The normalized spacial score (nSPS) is 9.60. The molecular formula is C15H13N3O2. The maximum Gasteiger partial charge on any atom is 0.259 e. The van der Waals surface area contributed by atoms with Gasteiger partial charge in [0.1, 0.15) is 5.75 Å². The lowest BCUT2D eigenvalue weighted by molar-refractivity contribution is 0.102. The van der Waals surface area contributed by atoms with E-state index in [1.54, 1.807) is 42.5 Å². The summed E-state index contributed by atoms with van der Waals surface area (Å²) in [6, 6.07) is 13.5. The molecular weight excluding hydrogens is 254 g/mol. The second kappa shape index (κ2) is 5.76. The van der Waals surface area contributed by atoms with Gasteiger partial charge in [-0.1, -0.05) is 0 Å². The number of hydrogen-bond acceptors (Lipinski definition) is 4. The number of anilines is 2. The minimum Gasteiger partial charge on any atom is -0.496 e. The van der Waals surface area contributed by atoms with E-state index >= 15 is 0 Å². The second-order valence-electron chi connectivity index (χ2n) is 4.10. The Labute approximate surface area is 116 Å². The lowest BCUT2D eigenvalue weighted by Crippen LogP contribution is -2.13. The van der Waals surface area contributed by atoms with E-state index in [1.165, 1.54) is 7.11 Å². The van der Waals surface area contributed by atoms with Crippen LogP contribution in [0.3, 0.4) is 0 Å². The lowest BCUT2D eigenvalue weighted by Gasteiger charge is -2.10. The van der Waals surface area contributed by atoms with Crippen LogP contribution in [0, 0.1) is 11.3 Å². The fourth-order valence-corrected chi connectivity index (χ4v) is 1.73. The van der Waals surface area contributed by atoms with Crippen LogP contribution in [0.15, 0.2) is 42.5 Å². The highest BCUT2D eigenvalue weighted by Gasteiger charge is 2.12. The third-order valence-electron chi connectivity index (χ3n) is 2.74. The smallest absolute Gasteiger partial charge is 0.259 e. The Morgan fingerprint density at radius 3 is 2.55 bits per heavy atom. The van der Waals surface area contributed by atoms with Crippen LogP contribution in [0.4, 0.5) is 11.4 Å². The number of methoxy groups -OCH3 is 1. The molecule has 2 aromatic carbocycles. The molecule has 0 saturated carbocycles. The van der Waals surface area contributed by atoms with Crippen LogP contribution < -0.4 is 15.8 Å². The van der Waals surface area contributed by atoms with Crippen molar-refractivity contribution in [1.29, 1.82) is 5.26 Å². The van der Waals surface area contributed by atoms with Crippen molar-refractivity contribution in [3.05, 3.63) is 53.6 Å². The van der Waals surface area contributed by atoms with Crippen molar-refractivity contribution < 1.29 is 9.53 Å². The number of nitrogens with zero attached hydrogens (tertiary/aromatic N) is 1. The molecule has 20 heavy (non-hydrogen) atoms. The van der Waals surface area contributed by atoms with Crippen molar-refractivity contribution in [1.82, 2.24) is 0 Å². The monoisotopic (exact) mass is 267 g/mol. The van der Waals surface area contributed by atoms with Gasteiger partial charge in [0, 0.05) is 11.4 Å². The molecule has 0 unspecified atom stereocenters. The number of ether oxygens (including phenoxy) is 1. The lowest BCUT2D eigenvalue weighted by atomic mass is 10.1. The van der Waals surface area contributed by atoms with E-state index in [0.717, 1.165) is 0 Å². The first-order chi connectivity index (χ1) is 9.63. The van der Waals surface area contributed by atoms with Gasteiger partial charge in [-0.2, -0.15) is 5.26 Å². The summed E-state index contributed by atoms with van der Waals surface area (Å²) in [5, 5.41) is 11.4. The molecule has 100 valence electrons. The summed E-state index contributed by atoms with van der Waals surface area (Å²) in [5.74, 6) is 0.129. The zero-order chi connectivity index (χ0) is 14.5. The van der Waals surface area contributed by atoms with Gasteiger partial charge in [-0.25, -0.2) is 0 Å². The number of rotatable bonds is 3. The number of nitrogens with two attached hydrogens (primary N) is 1. The molecule has 0 aliphatic rings. The molecule has 0 heterocycles. The highest BCUT2D eigenvalue weighted by Crippen LogP contribution is 2.22. The highest BCUT2D eigenvalue weighted by molar-refractivity contribution is 6.06. The maximum atomic E-state index is 12.2. The Kier molecular flexibility index (Phi) is 3.87. The third-order valence-corrected chi connectivity index (χ3v) is 2.74. The Bertz CT molecular complexity index is 673. The molecule has 0 saturated heterocycles. The van der Waals surface area contributed by atoms with Gasteiger partial charge in [-0.3, -0.25) is 4.79 Å². The van der Waals surface area contributed by atoms with E-state index in [4.69, 9.17) is 15.7 Å². The van der Waals surface area contributed by atoms with E-state index in [1.807, 2.05) is 6.07 Å². The summed E-state index contributed by atoms with van der Waals surface area (Å²) in [5.41, 5.74) is 7.65. The molecule has 0 aliphatic heterocycles. The van der Waals surface area contributed by atoms with Gasteiger partial charge in [-0.05, 0) is 42.5 Å². The van der Waals surface area contributed by atoms with Crippen molar-refractivity contribution in [3.63, 3.8) is 0 Å². The Morgan fingerprint density at radius 1 is 1.25 bits per heavy atom. The van der Waals surface area contributed by atoms with E-state index < -0.39 is 0 Å². The van der Waals surface area contributed by atoms with Crippen molar-refractivity contribution >= 4 is 17.3 Å². The van der Waals surface area contributed by atoms with Crippen molar-refractivity contribution in [3.8, 4) is 11.8 Å². The van der Waals surface area contributed by atoms with Crippen LogP contribution in [0.5, 0.6) is 5.75 Å². The molecule has 0 radical (unpaired) electrons. The predicted molar refractivity (Wildman–Crippen MR) is 76.5 cm³/mol. The molecule has 3 N–H and O–H groups in total. The van der Waals surface area contributed by atoms with Crippen molar-refractivity contribution in [2.75, 3.05) is 18.2 Å². The topological polar surface area (TPSA) is 88.1 Å². The zero-order valence-corrected chi connectivity index (χ0v) is 10.9. The van der Waals surface area contributed by atoms with E-state index in [-0.39, 0.29) is 5.91 Å². The molecule has 5 nitrogen and oxygen atoms in total. The number of hydrogen-bond donors (Lipinski definition) is 2. The van der Waals surface area contributed by atoms with Crippen LogP contribution in [-0.4, -0.2) is 13.0 Å². The first-order valence-electron chi connectivity index (χ1n) is 5.89. The summed E-state index contributed by atoms with van der Waals surface area (Å²) in [4.78, 5) is 12.2. The first kappa shape index (κ1) is 13.4. The van der Waals surface area contributed by atoms with E-state index in [9.17, 15) is 4.79 Å². The predicted octanol–water partition coefficient (Wildman–Crippen LogP) is 2.40. The number of carbonyl (C=O) groups is 1. The van der Waals surface area contributed by atoms with Gasteiger partial charge < -0.3 is 15.8 Å². The number of benzene rings is 2. The molecule has 5 heteroatoms. The Morgan fingerprint density at radius 2 is 1.95 bits per heavy atom. The number of amides is 1. The Balaban J connectivity index is 2.23. The average molecular weight is 267 g/mol. The minimum atomic E-state index is -0.321. The van der Waals surface area contributed by atoms with Crippen LogP contribution in [0.25, 0.3) is 0 Å². The second-order valence-corrected chi connectivity index (χ2v) is 4.10. The van der Waals surface area contributed by atoms with E-state index in [0.29, 0.717) is 28.3 Å². The van der Waals surface area contributed by atoms with Crippen LogP contribution in [0.1, 0.15) is 15.9 Å². The van der Waals surface area contributed by atoms with Crippen molar-refractivity contribution in [2.45, 2.75) is 0 Å². The van der Waals surface area contributed by atoms with Gasteiger partial charge >= 0.3 is 0 Å². The number of nitriles is 1. The molecule has 0 aromatic heterocycles.